The minimum atomic E-state index is -4.11. The highest BCUT2D eigenvalue weighted by atomic mass is 32.2. The van der Waals surface area contributed by atoms with E-state index in [0.717, 1.165) is 0 Å². The monoisotopic (exact) mass is 338 g/mol. The fourth-order valence-electron chi connectivity index (χ4n) is 1.97. The van der Waals surface area contributed by atoms with Crippen molar-refractivity contribution in [3.63, 3.8) is 0 Å². The van der Waals surface area contributed by atoms with E-state index in [4.69, 9.17) is 15.6 Å². The van der Waals surface area contributed by atoms with Gasteiger partial charge in [-0.05, 0) is 42.0 Å². The average Bonchev–Trinajstić information content (AvgIpc) is 2.59. The van der Waals surface area contributed by atoms with Gasteiger partial charge >= 0.3 is 5.97 Å². The molecule has 0 radical (unpaired) electrons. The first-order chi connectivity index (χ1) is 11.4. The molecule has 118 valence electrons. The van der Waals surface area contributed by atoms with Gasteiger partial charge in [0.25, 0.3) is 0 Å². The molecule has 6 nitrogen and oxygen atoms in total. The Morgan fingerprint density at radius 1 is 0.917 bits per heavy atom. The number of hydrogen-bond acceptors (Lipinski definition) is 5. The summed E-state index contributed by atoms with van der Waals surface area (Å²) in [6.45, 7) is 0. The van der Waals surface area contributed by atoms with Gasteiger partial charge in [-0.1, -0.05) is 12.1 Å². The first kappa shape index (κ1) is 16.9. The van der Waals surface area contributed by atoms with Crippen molar-refractivity contribution in [2.45, 2.75) is 4.90 Å². The molecule has 0 spiro atoms. The highest BCUT2D eigenvalue weighted by molar-refractivity contribution is 8.00. The van der Waals surface area contributed by atoms with Crippen LogP contribution < -0.4 is 0 Å². The second kappa shape index (κ2) is 6.78. The molecular formula is C17H10N2O4S. The van der Waals surface area contributed by atoms with Gasteiger partial charge in [-0.3, -0.25) is 0 Å². The Balaban J connectivity index is 2.60. The third kappa shape index (κ3) is 3.49. The Bertz CT molecular complexity index is 991. The van der Waals surface area contributed by atoms with Gasteiger partial charge in [0.1, 0.15) is 0 Å². The smallest absolute Gasteiger partial charge is 0.329 e. The maximum atomic E-state index is 12.7. The molecule has 0 aliphatic carbocycles. The molecule has 2 aromatic carbocycles. The summed E-state index contributed by atoms with van der Waals surface area (Å²) in [6, 6.07) is 14.5. The highest BCUT2D eigenvalue weighted by Crippen LogP contribution is 2.28. The van der Waals surface area contributed by atoms with Crippen LogP contribution in [0.2, 0.25) is 0 Å². The number of carboxylic acids is 1. The fourth-order valence-corrected chi connectivity index (χ4v) is 3.42. The predicted octanol–water partition coefficient (Wildman–Crippen LogP) is 2.33. The van der Waals surface area contributed by atoms with Gasteiger partial charge in [0.05, 0.1) is 33.1 Å². The lowest BCUT2D eigenvalue weighted by atomic mass is 10.1. The number of rotatable bonds is 4. The van der Waals surface area contributed by atoms with Gasteiger partial charge < -0.3 is 5.11 Å². The molecule has 0 aliphatic rings. The number of carboxylic acid groups (broad SMARTS) is 1. The van der Waals surface area contributed by atoms with Crippen LogP contribution in [-0.4, -0.2) is 19.5 Å². The third-order valence-corrected chi connectivity index (χ3v) is 4.96. The van der Waals surface area contributed by atoms with Gasteiger partial charge in [-0.25, -0.2) is 13.2 Å². The maximum absolute atomic E-state index is 12.7. The summed E-state index contributed by atoms with van der Waals surface area (Å²) in [5.41, 5.74) is 0.765. The summed E-state index contributed by atoms with van der Waals surface area (Å²) < 4.78 is 25.5. The standard InChI is InChI=1S/C17H10N2O4S/c18-10-12-1-5-14(6-2-12)16(9-17(20)21)24(22,23)15-7-3-13(11-19)4-8-15/h1-9H,(H,20,21)/b16-9+. The van der Waals surface area contributed by atoms with Crippen molar-refractivity contribution in [3.05, 3.63) is 71.3 Å². The number of carbonyl (C=O) groups is 1. The summed E-state index contributed by atoms with van der Waals surface area (Å²) in [5.74, 6) is -1.41. The Kier molecular flexibility index (Phi) is 4.78. The third-order valence-electron chi connectivity index (χ3n) is 3.14. The Hall–Kier alpha value is -3.42. The Labute approximate surface area is 138 Å². The second-order valence-electron chi connectivity index (χ2n) is 4.68. The van der Waals surface area contributed by atoms with Crippen LogP contribution in [0, 0.1) is 22.7 Å². The molecule has 2 aromatic rings. The zero-order chi connectivity index (χ0) is 17.7. The topological polar surface area (TPSA) is 119 Å². The summed E-state index contributed by atoms with van der Waals surface area (Å²) in [7, 11) is -4.11. The number of benzene rings is 2. The lowest BCUT2D eigenvalue weighted by Crippen LogP contribution is -2.07. The second-order valence-corrected chi connectivity index (χ2v) is 6.59. The van der Waals surface area contributed by atoms with Crippen LogP contribution in [0.15, 0.2) is 59.5 Å². The minimum absolute atomic E-state index is 0.127. The van der Waals surface area contributed by atoms with Crippen LogP contribution in [-0.2, 0) is 14.6 Å². The molecule has 1 N–H and O–H groups in total. The number of sulfone groups is 1. The molecule has 0 atom stereocenters. The largest absolute Gasteiger partial charge is 0.478 e. The zero-order valence-electron chi connectivity index (χ0n) is 12.2. The highest BCUT2D eigenvalue weighted by Gasteiger charge is 2.23. The lowest BCUT2D eigenvalue weighted by Gasteiger charge is -2.09. The molecule has 0 fully saturated rings. The van der Waals surface area contributed by atoms with Gasteiger partial charge in [-0.15, -0.1) is 0 Å². The summed E-state index contributed by atoms with van der Waals surface area (Å²) in [6.07, 6.45) is 0.606. The van der Waals surface area contributed by atoms with Crippen LogP contribution in [0.4, 0.5) is 0 Å². The van der Waals surface area contributed by atoms with E-state index in [9.17, 15) is 13.2 Å². The van der Waals surface area contributed by atoms with E-state index in [1.54, 1.807) is 0 Å². The summed E-state index contributed by atoms with van der Waals surface area (Å²) in [5, 5.41) is 26.6. The van der Waals surface area contributed by atoms with E-state index in [1.165, 1.54) is 48.5 Å². The van der Waals surface area contributed by atoms with Crippen LogP contribution in [0.3, 0.4) is 0 Å². The van der Waals surface area contributed by atoms with Crippen LogP contribution in [0.25, 0.3) is 4.91 Å². The van der Waals surface area contributed by atoms with Crippen molar-refractivity contribution < 1.29 is 18.3 Å². The molecular weight excluding hydrogens is 328 g/mol. The summed E-state index contributed by atoms with van der Waals surface area (Å²) >= 11 is 0. The van der Waals surface area contributed by atoms with E-state index in [-0.39, 0.29) is 16.0 Å². The van der Waals surface area contributed by atoms with E-state index < -0.39 is 20.7 Å². The molecule has 0 unspecified atom stereocenters. The number of nitriles is 2. The normalized spacial score (nSPS) is 11.3. The van der Waals surface area contributed by atoms with Crippen LogP contribution in [0.5, 0.6) is 0 Å². The number of aliphatic carboxylic acids is 1. The first-order valence-corrected chi connectivity index (χ1v) is 8.07. The van der Waals surface area contributed by atoms with Crippen molar-refractivity contribution in [2.75, 3.05) is 0 Å². The van der Waals surface area contributed by atoms with Crippen molar-refractivity contribution >= 4 is 20.7 Å². The van der Waals surface area contributed by atoms with Crippen molar-refractivity contribution in [1.29, 1.82) is 10.5 Å². The van der Waals surface area contributed by atoms with E-state index in [2.05, 4.69) is 0 Å². The van der Waals surface area contributed by atoms with Gasteiger partial charge in [0.2, 0.25) is 9.84 Å². The molecule has 24 heavy (non-hydrogen) atoms. The molecule has 0 aliphatic heterocycles. The molecule has 7 heteroatoms. The molecule has 0 saturated carbocycles. The first-order valence-electron chi connectivity index (χ1n) is 6.59. The van der Waals surface area contributed by atoms with Crippen LogP contribution >= 0.6 is 0 Å². The van der Waals surface area contributed by atoms with E-state index in [0.29, 0.717) is 11.6 Å². The van der Waals surface area contributed by atoms with Crippen molar-refractivity contribution in [3.8, 4) is 12.1 Å². The quantitative estimate of drug-likeness (QED) is 0.854. The predicted molar refractivity (Wildman–Crippen MR) is 85.1 cm³/mol. The fraction of sp³-hybridized carbons (Fsp3) is 0. The number of nitrogens with zero attached hydrogens (tertiary/aromatic N) is 2. The van der Waals surface area contributed by atoms with Crippen molar-refractivity contribution in [2.24, 2.45) is 0 Å². The average molecular weight is 338 g/mol. The molecule has 2 rings (SSSR count). The number of hydrogen-bond donors (Lipinski definition) is 1. The molecule has 0 heterocycles. The SMILES string of the molecule is N#Cc1ccc(/C(=C\C(=O)O)S(=O)(=O)c2ccc(C#N)cc2)cc1. The molecule has 0 aromatic heterocycles. The minimum Gasteiger partial charge on any atom is -0.478 e. The zero-order valence-corrected chi connectivity index (χ0v) is 13.0. The van der Waals surface area contributed by atoms with E-state index >= 15 is 0 Å². The molecule has 0 bridgehead atoms. The lowest BCUT2D eigenvalue weighted by molar-refractivity contribution is -0.131. The molecule has 0 amide bonds. The maximum Gasteiger partial charge on any atom is 0.329 e. The van der Waals surface area contributed by atoms with Crippen LogP contribution in [0.1, 0.15) is 16.7 Å². The van der Waals surface area contributed by atoms with Gasteiger partial charge in [0.15, 0.2) is 0 Å². The van der Waals surface area contributed by atoms with Gasteiger partial charge in [0, 0.05) is 6.08 Å². The van der Waals surface area contributed by atoms with E-state index in [1.807, 2.05) is 12.1 Å². The molecule has 0 saturated heterocycles. The van der Waals surface area contributed by atoms with Crippen molar-refractivity contribution in [1.82, 2.24) is 0 Å². The Morgan fingerprint density at radius 2 is 1.38 bits per heavy atom. The summed E-state index contributed by atoms with van der Waals surface area (Å²) in [4.78, 5) is 10.5. The van der Waals surface area contributed by atoms with Gasteiger partial charge in [-0.2, -0.15) is 10.5 Å². The Morgan fingerprint density at radius 3 is 1.79 bits per heavy atom.